The van der Waals surface area contributed by atoms with Crippen LogP contribution in [0.5, 0.6) is 0 Å². The van der Waals surface area contributed by atoms with Gasteiger partial charge >= 0.3 is 5.97 Å². The number of aliphatic hydroxyl groups excluding tert-OH is 4. The van der Waals surface area contributed by atoms with Crippen LogP contribution in [0.2, 0.25) is 0 Å². The lowest BCUT2D eigenvalue weighted by Gasteiger charge is -2.37. The summed E-state index contributed by atoms with van der Waals surface area (Å²) in [4.78, 5) is 31.8. The van der Waals surface area contributed by atoms with E-state index in [-0.39, 0.29) is 24.4 Å². The second-order valence-corrected chi connectivity index (χ2v) is 13.4. The predicted molar refractivity (Wildman–Crippen MR) is 153 cm³/mol. The first-order chi connectivity index (χ1) is 19.8. The van der Waals surface area contributed by atoms with E-state index in [4.69, 9.17) is 18.9 Å². The van der Waals surface area contributed by atoms with Crippen molar-refractivity contribution in [2.75, 3.05) is 6.61 Å². The van der Waals surface area contributed by atoms with Crippen molar-refractivity contribution in [3.63, 3.8) is 0 Å². The molecule has 3 fully saturated rings. The van der Waals surface area contributed by atoms with Crippen LogP contribution in [0.3, 0.4) is 0 Å². The lowest BCUT2D eigenvalue weighted by atomic mass is 9.74. The number of nitrogens with zero attached hydrogens (tertiary/aromatic N) is 1. The molecule has 0 bridgehead atoms. The number of rotatable bonds is 5. The molecule has 4 heterocycles. The molecule has 0 saturated carbocycles. The Morgan fingerprint density at radius 3 is 2.50 bits per heavy atom. The lowest BCUT2D eigenvalue weighted by molar-refractivity contribution is -0.217. The van der Waals surface area contributed by atoms with Gasteiger partial charge in [-0.3, -0.25) is 9.59 Å². The highest BCUT2D eigenvalue weighted by Crippen LogP contribution is 2.38. The summed E-state index contributed by atoms with van der Waals surface area (Å²) in [6.07, 6.45) is -3.20. The number of aliphatic hydroxyl groups is 4. The lowest BCUT2D eigenvalue weighted by Crippen LogP contribution is -2.48. The number of fused-ring (bicyclic) bond motifs is 1. The molecule has 12 heteroatoms. The minimum atomic E-state index is -1.50. The van der Waals surface area contributed by atoms with Crippen LogP contribution in [-0.2, 0) is 28.5 Å². The van der Waals surface area contributed by atoms with Gasteiger partial charge in [0.2, 0.25) is 0 Å². The third-order valence-electron chi connectivity index (χ3n) is 8.75. The van der Waals surface area contributed by atoms with Gasteiger partial charge in [-0.25, -0.2) is 4.98 Å². The molecule has 0 radical (unpaired) electrons. The van der Waals surface area contributed by atoms with Gasteiger partial charge in [0.1, 0.15) is 30.2 Å². The van der Waals surface area contributed by atoms with Gasteiger partial charge in [-0.05, 0) is 38.3 Å². The van der Waals surface area contributed by atoms with Gasteiger partial charge in [0.25, 0.3) is 0 Å². The molecule has 0 spiro atoms. The Morgan fingerprint density at radius 2 is 1.86 bits per heavy atom. The molecule has 0 aliphatic carbocycles. The van der Waals surface area contributed by atoms with Crippen LogP contribution in [0.25, 0.3) is 6.08 Å². The fourth-order valence-electron chi connectivity index (χ4n) is 5.79. The van der Waals surface area contributed by atoms with Crippen molar-refractivity contribution in [1.29, 1.82) is 0 Å². The van der Waals surface area contributed by atoms with Crippen molar-refractivity contribution < 1.29 is 49.0 Å². The fourth-order valence-corrected chi connectivity index (χ4v) is 6.36. The number of aryl methyl sites for hydroxylation is 1. The summed E-state index contributed by atoms with van der Waals surface area (Å²) in [6, 6.07) is 0. The van der Waals surface area contributed by atoms with Gasteiger partial charge in [-0.1, -0.05) is 33.6 Å². The van der Waals surface area contributed by atoms with E-state index < -0.39 is 66.8 Å². The molecule has 1 aromatic heterocycles. The largest absolute Gasteiger partial charge is 0.458 e. The molecule has 4 rings (SSSR count). The number of Topliss-reactive ketones (excluding diaryl/α,β-unsaturated/α-hetero) is 1. The number of ketones is 1. The molecular formula is C30H45NO10S. The molecule has 4 N–H and O–H groups in total. The summed E-state index contributed by atoms with van der Waals surface area (Å²) in [5, 5.41) is 44.0. The van der Waals surface area contributed by atoms with Crippen molar-refractivity contribution in [2.24, 2.45) is 11.3 Å². The van der Waals surface area contributed by atoms with Gasteiger partial charge in [-0.15, -0.1) is 11.3 Å². The predicted octanol–water partition coefficient (Wildman–Crippen LogP) is 2.30. The Bertz CT molecular complexity index is 1120. The van der Waals surface area contributed by atoms with E-state index in [0.29, 0.717) is 12.8 Å². The normalized spacial score (nSPS) is 38.6. The topological polar surface area (TPSA) is 168 Å². The molecule has 236 valence electrons. The quantitative estimate of drug-likeness (QED) is 0.285. The first kappa shape index (κ1) is 33.1. The number of aromatic nitrogens is 1. The Kier molecular flexibility index (Phi) is 11.0. The smallest absolute Gasteiger partial charge is 0.309 e. The number of carbonyl (C=O) groups excluding carboxylic acids is 2. The zero-order chi connectivity index (χ0) is 30.8. The van der Waals surface area contributed by atoms with E-state index in [1.54, 1.807) is 20.8 Å². The summed E-state index contributed by atoms with van der Waals surface area (Å²) in [5.41, 5.74) is 0.263. The number of hydrogen-bond donors (Lipinski definition) is 4. The Morgan fingerprint density at radius 1 is 1.14 bits per heavy atom. The number of hydrogen-bond acceptors (Lipinski definition) is 12. The second-order valence-electron chi connectivity index (χ2n) is 12.4. The zero-order valence-corrected chi connectivity index (χ0v) is 25.8. The summed E-state index contributed by atoms with van der Waals surface area (Å²) in [7, 11) is 0. The molecule has 10 atom stereocenters. The first-order valence-electron chi connectivity index (χ1n) is 14.8. The minimum Gasteiger partial charge on any atom is -0.458 e. The van der Waals surface area contributed by atoms with E-state index in [9.17, 15) is 30.0 Å². The molecule has 0 aromatic carbocycles. The molecule has 42 heavy (non-hydrogen) atoms. The minimum absolute atomic E-state index is 0.0477. The van der Waals surface area contributed by atoms with Crippen molar-refractivity contribution in [1.82, 2.24) is 4.98 Å². The van der Waals surface area contributed by atoms with E-state index in [1.165, 1.54) is 11.3 Å². The second kappa shape index (κ2) is 13.9. The number of epoxide rings is 1. The Hall–Kier alpha value is -1.77. The molecule has 3 aliphatic heterocycles. The third-order valence-corrected chi connectivity index (χ3v) is 9.54. The van der Waals surface area contributed by atoms with Crippen LogP contribution < -0.4 is 0 Å². The molecular weight excluding hydrogens is 566 g/mol. The molecule has 1 aromatic rings. The van der Waals surface area contributed by atoms with Crippen molar-refractivity contribution in [2.45, 2.75) is 128 Å². The van der Waals surface area contributed by atoms with Crippen LogP contribution in [0.15, 0.2) is 11.0 Å². The molecule has 0 unspecified atom stereocenters. The van der Waals surface area contributed by atoms with E-state index >= 15 is 0 Å². The summed E-state index contributed by atoms with van der Waals surface area (Å²) < 4.78 is 23.5. The van der Waals surface area contributed by atoms with Crippen molar-refractivity contribution >= 4 is 29.2 Å². The maximum atomic E-state index is 13.7. The number of cyclic esters (lactones) is 1. The van der Waals surface area contributed by atoms with Crippen LogP contribution in [0.1, 0.15) is 76.9 Å². The van der Waals surface area contributed by atoms with Crippen molar-refractivity contribution in [3.05, 3.63) is 21.7 Å². The Balaban J connectivity index is 1.61. The van der Waals surface area contributed by atoms with Gasteiger partial charge in [0.15, 0.2) is 6.29 Å². The summed E-state index contributed by atoms with van der Waals surface area (Å²) >= 11 is 1.53. The SMILES string of the molecule is C/C(=C\c1csc(C)n1)[C@@H]1C[C@@H]2O[C@@H]2CCCC[C@H](O)[C@@H](C)C(=O)C(C)(C)[C@@H](O[C@H]2O[C@H](CO)[C@@H](O)[C@@H]2O)CC(=O)O1. The van der Waals surface area contributed by atoms with Crippen LogP contribution in [-0.4, -0.2) is 98.9 Å². The molecule has 3 aliphatic rings. The Labute approximate surface area is 250 Å². The van der Waals surface area contributed by atoms with E-state index in [2.05, 4.69) is 4.98 Å². The molecule has 3 saturated heterocycles. The van der Waals surface area contributed by atoms with Crippen LogP contribution in [0.4, 0.5) is 0 Å². The van der Waals surface area contributed by atoms with Gasteiger partial charge in [0.05, 0.1) is 53.6 Å². The molecule has 11 nitrogen and oxygen atoms in total. The zero-order valence-electron chi connectivity index (χ0n) is 25.0. The van der Waals surface area contributed by atoms with E-state index in [0.717, 1.165) is 35.5 Å². The number of ether oxygens (including phenoxy) is 4. The average molecular weight is 612 g/mol. The number of esters is 1. The highest BCUT2D eigenvalue weighted by atomic mass is 32.1. The van der Waals surface area contributed by atoms with Gasteiger partial charge < -0.3 is 39.4 Å². The fraction of sp³-hybridized carbons (Fsp3) is 0.767. The highest BCUT2D eigenvalue weighted by Gasteiger charge is 2.49. The number of carbonyl (C=O) groups is 2. The van der Waals surface area contributed by atoms with Crippen LogP contribution >= 0.6 is 11.3 Å². The monoisotopic (exact) mass is 611 g/mol. The summed E-state index contributed by atoms with van der Waals surface area (Å²) in [5.74, 6) is -1.69. The van der Waals surface area contributed by atoms with E-state index in [1.807, 2.05) is 25.3 Å². The molecule has 0 amide bonds. The first-order valence-corrected chi connectivity index (χ1v) is 15.6. The maximum absolute atomic E-state index is 13.7. The standard InChI is InChI=1S/C30H45NO10S/c1-15(10-18-14-42-17(3)31-18)21-11-22-20(38-22)9-7-6-8-19(33)16(2)28(37)30(4,5)24(12-25(34)39-21)41-29-27(36)26(35)23(13-32)40-29/h10,14,16,19-24,26-27,29,32-33,35-36H,6-9,11-13H2,1-5H3/b15-10+/t16-,19+,20-,21+,22+,23-,24+,26-,27+,29-/m1/s1. The third kappa shape index (κ3) is 7.84. The van der Waals surface area contributed by atoms with Gasteiger partial charge in [0, 0.05) is 17.7 Å². The highest BCUT2D eigenvalue weighted by molar-refractivity contribution is 7.09. The summed E-state index contributed by atoms with van der Waals surface area (Å²) in [6.45, 7) is 8.15. The average Bonchev–Trinajstić information content (AvgIpc) is 3.46. The van der Waals surface area contributed by atoms with Crippen molar-refractivity contribution in [3.8, 4) is 0 Å². The van der Waals surface area contributed by atoms with Crippen LogP contribution in [0, 0.1) is 18.3 Å². The van der Waals surface area contributed by atoms with Gasteiger partial charge in [-0.2, -0.15) is 0 Å². The maximum Gasteiger partial charge on any atom is 0.309 e. The number of thiazole rings is 1.